The number of ether oxygens (including phenoxy) is 2. The molecule has 0 bridgehead atoms. The second-order valence-corrected chi connectivity index (χ2v) is 2.92. The molecule has 0 amide bonds. The topological polar surface area (TPSA) is 18.5 Å². The van der Waals surface area contributed by atoms with Crippen molar-refractivity contribution in [2.45, 2.75) is 30.9 Å². The van der Waals surface area contributed by atoms with Gasteiger partial charge in [0.1, 0.15) is 0 Å². The van der Waals surface area contributed by atoms with Crippen LogP contribution >= 0.6 is 0 Å². The van der Waals surface area contributed by atoms with Crippen molar-refractivity contribution in [3.63, 3.8) is 0 Å². The van der Waals surface area contributed by atoms with Crippen LogP contribution in [0.3, 0.4) is 0 Å². The van der Waals surface area contributed by atoms with Gasteiger partial charge in [-0.25, -0.2) is 4.39 Å². The lowest BCUT2D eigenvalue weighted by Crippen LogP contribution is -2.53. The van der Waals surface area contributed by atoms with Crippen LogP contribution in [-0.2, 0) is 9.47 Å². The summed E-state index contributed by atoms with van der Waals surface area (Å²) >= 11 is 0. The summed E-state index contributed by atoms with van der Waals surface area (Å²) in [6, 6.07) is 0. The van der Waals surface area contributed by atoms with E-state index in [1.54, 1.807) is 0 Å². The summed E-state index contributed by atoms with van der Waals surface area (Å²) in [6.45, 7) is -2.97. The van der Waals surface area contributed by atoms with Gasteiger partial charge in [0.15, 0.2) is 6.67 Å². The maximum atomic E-state index is 12.6. The van der Waals surface area contributed by atoms with Crippen molar-refractivity contribution >= 4 is 0 Å². The minimum Gasteiger partial charge on any atom is -0.269 e. The van der Waals surface area contributed by atoms with Gasteiger partial charge in [0.25, 0.3) is 6.10 Å². The van der Waals surface area contributed by atoms with Crippen LogP contribution in [0.5, 0.6) is 0 Å². The maximum absolute atomic E-state index is 12.6. The lowest BCUT2D eigenvalue weighted by Gasteiger charge is -2.30. The lowest BCUT2D eigenvalue weighted by molar-refractivity contribution is -0.472. The van der Waals surface area contributed by atoms with Crippen LogP contribution in [0.25, 0.3) is 0 Å². The smallest absolute Gasteiger partial charge is 0.269 e. The van der Waals surface area contributed by atoms with Gasteiger partial charge in [0.05, 0.1) is 0 Å². The fourth-order valence-corrected chi connectivity index (χ4v) is 0.739. The molecule has 0 aromatic carbocycles. The highest BCUT2D eigenvalue weighted by molar-refractivity contribution is 4.79. The zero-order valence-electron chi connectivity index (χ0n) is 8.26. The quantitative estimate of drug-likeness (QED) is 0.721. The van der Waals surface area contributed by atoms with Crippen molar-refractivity contribution in [1.82, 2.24) is 0 Å². The molecule has 0 rings (SSSR count). The first-order valence-electron chi connectivity index (χ1n) is 3.94. The van der Waals surface area contributed by atoms with Crippen LogP contribution in [-0.4, -0.2) is 37.5 Å². The van der Waals surface area contributed by atoms with Gasteiger partial charge in [0.2, 0.25) is 0 Å². The Hall–Kier alpha value is -0.850. The predicted molar refractivity (Wildman–Crippen MR) is 33.9 cm³/mol. The number of rotatable bonds is 5. The second-order valence-electron chi connectivity index (χ2n) is 2.92. The Kier molecular flexibility index (Phi) is 5.03. The molecule has 0 heterocycles. The fraction of sp³-hybridized carbons (Fsp3) is 1.00. The molecule has 13 heteroatoms. The van der Waals surface area contributed by atoms with Crippen molar-refractivity contribution in [2.24, 2.45) is 0 Å². The van der Waals surface area contributed by atoms with E-state index in [4.69, 9.17) is 0 Å². The van der Waals surface area contributed by atoms with Gasteiger partial charge >= 0.3 is 24.8 Å². The van der Waals surface area contributed by atoms with E-state index in [0.29, 0.717) is 0 Å². The largest absolute Gasteiger partial charge is 0.523 e. The van der Waals surface area contributed by atoms with Crippen molar-refractivity contribution < 1.29 is 57.8 Å². The molecule has 0 aliphatic rings. The summed E-state index contributed by atoms with van der Waals surface area (Å²) < 4.78 is 135. The van der Waals surface area contributed by atoms with Crippen LogP contribution in [0, 0.1) is 0 Å². The first kappa shape index (κ1) is 18.1. The first-order chi connectivity index (χ1) is 8.11. The predicted octanol–water partition coefficient (Wildman–Crippen LogP) is 3.63. The summed E-state index contributed by atoms with van der Waals surface area (Å²) in [7, 11) is 0. The molecule has 116 valence electrons. The monoisotopic (exact) mass is 316 g/mol. The Morgan fingerprint density at radius 1 is 0.789 bits per heavy atom. The molecule has 1 unspecified atom stereocenters. The molecule has 0 aromatic rings. The standard InChI is InChI=1S/C6H3F11O2/c7-1-3(8,9)19-5(13,14)2(4(10,11)12)18-6(15,16)17/h2H,1H2. The van der Waals surface area contributed by atoms with Crippen LogP contribution in [0.2, 0.25) is 0 Å². The second kappa shape index (κ2) is 5.26. The third kappa shape index (κ3) is 6.22. The first-order valence-corrected chi connectivity index (χ1v) is 3.94. The fourth-order valence-electron chi connectivity index (χ4n) is 0.739. The van der Waals surface area contributed by atoms with Crippen molar-refractivity contribution in [3.05, 3.63) is 0 Å². The average Bonchev–Trinajstić information content (AvgIpc) is 2.09. The average molecular weight is 316 g/mol. The lowest BCUT2D eigenvalue weighted by atomic mass is 10.3. The van der Waals surface area contributed by atoms with E-state index in [0.717, 1.165) is 0 Å². The number of hydrogen-bond acceptors (Lipinski definition) is 2. The number of hydrogen-bond donors (Lipinski definition) is 0. The SMILES string of the molecule is FCC(F)(F)OC(F)(F)C(OC(F)(F)F)C(F)(F)F. The van der Waals surface area contributed by atoms with E-state index in [1.807, 2.05) is 4.74 Å². The molecule has 0 radical (unpaired) electrons. The van der Waals surface area contributed by atoms with Gasteiger partial charge in [-0.3, -0.25) is 9.47 Å². The summed E-state index contributed by atoms with van der Waals surface area (Å²) in [5.41, 5.74) is 0. The van der Waals surface area contributed by atoms with Crippen LogP contribution in [0.1, 0.15) is 0 Å². The molecule has 0 spiro atoms. The van der Waals surface area contributed by atoms with Gasteiger partial charge in [-0.05, 0) is 0 Å². The molecular formula is C6H3F11O2. The molecule has 1 atom stereocenters. The van der Waals surface area contributed by atoms with Gasteiger partial charge < -0.3 is 0 Å². The number of halogens is 11. The molecule has 0 aliphatic heterocycles. The Labute approximate surface area is 96.6 Å². The summed E-state index contributed by atoms with van der Waals surface area (Å²) in [4.78, 5) is 0. The summed E-state index contributed by atoms with van der Waals surface area (Å²) in [5.74, 6) is 0. The van der Waals surface area contributed by atoms with Crippen LogP contribution in [0.4, 0.5) is 48.3 Å². The highest BCUT2D eigenvalue weighted by Crippen LogP contribution is 2.41. The zero-order chi connectivity index (χ0) is 15.7. The van der Waals surface area contributed by atoms with E-state index < -0.39 is 37.5 Å². The Morgan fingerprint density at radius 3 is 1.47 bits per heavy atom. The zero-order valence-corrected chi connectivity index (χ0v) is 8.26. The van der Waals surface area contributed by atoms with E-state index in [9.17, 15) is 48.3 Å². The van der Waals surface area contributed by atoms with Crippen molar-refractivity contribution in [2.75, 3.05) is 6.67 Å². The van der Waals surface area contributed by atoms with Gasteiger partial charge in [0, 0.05) is 0 Å². The van der Waals surface area contributed by atoms with Gasteiger partial charge in [-0.1, -0.05) is 0 Å². The Balaban J connectivity index is 5.25. The normalized spacial score (nSPS) is 16.6. The van der Waals surface area contributed by atoms with Crippen molar-refractivity contribution in [3.8, 4) is 0 Å². The Bertz CT molecular complexity index is 293. The molecule has 0 saturated heterocycles. The molecule has 0 aliphatic carbocycles. The van der Waals surface area contributed by atoms with E-state index in [-0.39, 0.29) is 0 Å². The third-order valence-electron chi connectivity index (χ3n) is 1.29. The van der Waals surface area contributed by atoms with E-state index in [1.165, 1.54) is 0 Å². The van der Waals surface area contributed by atoms with E-state index >= 15 is 0 Å². The van der Waals surface area contributed by atoms with Gasteiger partial charge in [-0.2, -0.15) is 30.7 Å². The minimum atomic E-state index is -6.40. The van der Waals surface area contributed by atoms with Crippen LogP contribution in [0.15, 0.2) is 0 Å². The molecule has 0 fully saturated rings. The van der Waals surface area contributed by atoms with Crippen LogP contribution < -0.4 is 0 Å². The molecule has 19 heavy (non-hydrogen) atoms. The Morgan fingerprint density at radius 2 is 1.21 bits per heavy atom. The summed E-state index contributed by atoms with van der Waals surface area (Å²) in [6.07, 6.45) is -29.3. The summed E-state index contributed by atoms with van der Waals surface area (Å²) in [5, 5.41) is 0. The number of alkyl halides is 11. The van der Waals surface area contributed by atoms with E-state index in [2.05, 4.69) is 4.74 Å². The molecule has 0 saturated carbocycles. The highest BCUT2D eigenvalue weighted by Gasteiger charge is 2.64. The molecule has 0 aromatic heterocycles. The highest BCUT2D eigenvalue weighted by atomic mass is 19.4. The molecule has 0 N–H and O–H groups in total. The molecule has 2 nitrogen and oxygen atoms in total. The minimum absolute atomic E-state index is 2.00. The maximum Gasteiger partial charge on any atom is 0.523 e. The van der Waals surface area contributed by atoms with Crippen molar-refractivity contribution in [1.29, 1.82) is 0 Å². The van der Waals surface area contributed by atoms with Gasteiger partial charge in [-0.15, -0.1) is 13.2 Å². The molecular weight excluding hydrogens is 313 g/mol. The third-order valence-corrected chi connectivity index (χ3v) is 1.29.